The topological polar surface area (TPSA) is 68.9 Å². The molecule has 0 spiro atoms. The van der Waals surface area contributed by atoms with Crippen molar-refractivity contribution >= 4 is 22.6 Å². The van der Waals surface area contributed by atoms with E-state index in [1.54, 1.807) is 15.5 Å². The minimum absolute atomic E-state index is 0.0445. The summed E-state index contributed by atoms with van der Waals surface area (Å²) >= 11 is 0. The Hall–Kier alpha value is -3.67. The summed E-state index contributed by atoms with van der Waals surface area (Å²) in [4.78, 5) is 30.6. The molecule has 6 heteroatoms. The average Bonchev–Trinajstić information content (AvgIpc) is 3.52. The minimum Gasteiger partial charge on any atom is -0.332 e. The van der Waals surface area contributed by atoms with Crippen molar-refractivity contribution in [3.63, 3.8) is 0 Å². The first-order chi connectivity index (χ1) is 14.6. The normalized spacial score (nSPS) is 13.5. The van der Waals surface area contributed by atoms with Crippen molar-refractivity contribution in [3.05, 3.63) is 83.0 Å². The number of fused-ring (bicyclic) bond motifs is 1. The van der Waals surface area contributed by atoms with Crippen molar-refractivity contribution in [3.8, 4) is 11.1 Å². The molecule has 0 unspecified atom stereocenters. The van der Waals surface area contributed by atoms with E-state index in [0.29, 0.717) is 11.0 Å². The van der Waals surface area contributed by atoms with E-state index in [4.69, 9.17) is 0 Å². The summed E-state index contributed by atoms with van der Waals surface area (Å²) < 4.78 is 3.43. The van der Waals surface area contributed by atoms with E-state index in [1.807, 2.05) is 67.7 Å². The quantitative estimate of drug-likeness (QED) is 0.549. The molecule has 0 atom stereocenters. The second kappa shape index (κ2) is 7.30. The predicted molar refractivity (Wildman–Crippen MR) is 118 cm³/mol. The summed E-state index contributed by atoms with van der Waals surface area (Å²) in [5.41, 5.74) is 4.70. The molecule has 0 bridgehead atoms. The molecule has 150 valence electrons. The summed E-state index contributed by atoms with van der Waals surface area (Å²) in [6, 6.07) is 17.7. The number of rotatable bonds is 5. The van der Waals surface area contributed by atoms with Gasteiger partial charge in [-0.25, -0.2) is 4.98 Å². The van der Waals surface area contributed by atoms with E-state index in [1.165, 1.54) is 0 Å². The molecule has 2 aromatic carbocycles. The molecule has 2 aromatic heterocycles. The highest BCUT2D eigenvalue weighted by molar-refractivity contribution is 5.95. The highest BCUT2D eigenvalue weighted by Gasteiger charge is 2.27. The van der Waals surface area contributed by atoms with Gasteiger partial charge in [-0.1, -0.05) is 48.0 Å². The van der Waals surface area contributed by atoms with Gasteiger partial charge in [0.05, 0.1) is 6.33 Å². The molecule has 1 saturated carbocycles. The van der Waals surface area contributed by atoms with Gasteiger partial charge in [0.1, 0.15) is 17.6 Å². The van der Waals surface area contributed by atoms with E-state index in [-0.39, 0.29) is 24.1 Å². The van der Waals surface area contributed by atoms with E-state index in [9.17, 15) is 9.59 Å². The SMILES string of the molecule is Cc1ccc(NC(=O)Cn2cc(-c3ccccc3)c3ncn(C4CC4)c(=O)c32)cc1. The molecule has 4 aromatic rings. The third-order valence-electron chi connectivity index (χ3n) is 5.47. The highest BCUT2D eigenvalue weighted by Crippen LogP contribution is 2.34. The van der Waals surface area contributed by atoms with Crippen molar-refractivity contribution in [2.75, 3.05) is 5.32 Å². The number of nitrogens with zero attached hydrogens (tertiary/aromatic N) is 3. The van der Waals surface area contributed by atoms with Gasteiger partial charge in [-0.05, 0) is 37.5 Å². The summed E-state index contributed by atoms with van der Waals surface area (Å²) in [5.74, 6) is -0.184. The van der Waals surface area contributed by atoms with Gasteiger partial charge in [0.25, 0.3) is 5.56 Å². The van der Waals surface area contributed by atoms with Crippen LogP contribution in [0.3, 0.4) is 0 Å². The van der Waals surface area contributed by atoms with Crippen LogP contribution in [0.25, 0.3) is 22.2 Å². The first-order valence-electron chi connectivity index (χ1n) is 10.1. The maximum absolute atomic E-state index is 13.2. The number of hydrogen-bond donors (Lipinski definition) is 1. The molecule has 1 aliphatic carbocycles. The Morgan fingerprint density at radius 3 is 2.53 bits per heavy atom. The zero-order valence-electron chi connectivity index (χ0n) is 16.7. The molecule has 0 aliphatic heterocycles. The van der Waals surface area contributed by atoms with Crippen LogP contribution in [0, 0.1) is 6.92 Å². The Morgan fingerprint density at radius 1 is 1.10 bits per heavy atom. The zero-order valence-corrected chi connectivity index (χ0v) is 16.7. The van der Waals surface area contributed by atoms with Gasteiger partial charge in [-0.3, -0.25) is 14.2 Å². The van der Waals surface area contributed by atoms with Crippen LogP contribution in [0.2, 0.25) is 0 Å². The molecule has 5 rings (SSSR count). The number of amides is 1. The number of aryl methyl sites for hydroxylation is 1. The summed E-state index contributed by atoms with van der Waals surface area (Å²) in [7, 11) is 0. The van der Waals surface area contributed by atoms with Gasteiger partial charge in [0, 0.05) is 23.5 Å². The highest BCUT2D eigenvalue weighted by atomic mass is 16.2. The van der Waals surface area contributed by atoms with Gasteiger partial charge in [-0.2, -0.15) is 0 Å². The predicted octanol–water partition coefficient (Wildman–Crippen LogP) is 4.15. The van der Waals surface area contributed by atoms with E-state index < -0.39 is 0 Å². The summed E-state index contributed by atoms with van der Waals surface area (Å²) in [6.07, 6.45) is 5.49. The van der Waals surface area contributed by atoms with Crippen LogP contribution < -0.4 is 10.9 Å². The summed E-state index contributed by atoms with van der Waals surface area (Å²) in [6.45, 7) is 2.05. The Kier molecular flexibility index (Phi) is 4.47. The molecule has 0 radical (unpaired) electrons. The molecule has 6 nitrogen and oxygen atoms in total. The van der Waals surface area contributed by atoms with E-state index in [2.05, 4.69) is 10.3 Å². The van der Waals surface area contributed by atoms with Crippen molar-refractivity contribution in [2.24, 2.45) is 0 Å². The fourth-order valence-corrected chi connectivity index (χ4v) is 3.75. The lowest BCUT2D eigenvalue weighted by molar-refractivity contribution is -0.116. The molecular formula is C24H22N4O2. The van der Waals surface area contributed by atoms with Crippen molar-refractivity contribution in [2.45, 2.75) is 32.4 Å². The second-order valence-electron chi connectivity index (χ2n) is 7.84. The number of carbonyl (C=O) groups excluding carboxylic acids is 1. The first-order valence-corrected chi connectivity index (χ1v) is 10.1. The van der Waals surface area contributed by atoms with Gasteiger partial charge in [0.15, 0.2) is 0 Å². The fraction of sp³-hybridized carbons (Fsp3) is 0.208. The molecule has 1 aliphatic rings. The van der Waals surface area contributed by atoms with Crippen LogP contribution in [0.15, 0.2) is 71.9 Å². The lowest BCUT2D eigenvalue weighted by Crippen LogP contribution is -2.24. The number of carbonyl (C=O) groups is 1. The Balaban J connectivity index is 1.56. The van der Waals surface area contributed by atoms with E-state index >= 15 is 0 Å². The van der Waals surface area contributed by atoms with Crippen LogP contribution >= 0.6 is 0 Å². The Bertz CT molecular complexity index is 1280. The van der Waals surface area contributed by atoms with E-state index in [0.717, 1.165) is 35.2 Å². The molecule has 1 fully saturated rings. The van der Waals surface area contributed by atoms with Gasteiger partial charge in [0.2, 0.25) is 5.91 Å². The molecule has 30 heavy (non-hydrogen) atoms. The molecule has 1 amide bonds. The number of anilines is 1. The average molecular weight is 398 g/mol. The maximum Gasteiger partial charge on any atom is 0.278 e. The van der Waals surface area contributed by atoms with Gasteiger partial charge >= 0.3 is 0 Å². The molecule has 2 heterocycles. The number of hydrogen-bond acceptors (Lipinski definition) is 3. The van der Waals surface area contributed by atoms with Crippen LogP contribution in [-0.4, -0.2) is 20.0 Å². The molecular weight excluding hydrogens is 376 g/mol. The van der Waals surface area contributed by atoms with Gasteiger partial charge in [-0.15, -0.1) is 0 Å². The van der Waals surface area contributed by atoms with Crippen LogP contribution in [0.1, 0.15) is 24.4 Å². The molecule has 1 N–H and O–H groups in total. The first kappa shape index (κ1) is 18.4. The largest absolute Gasteiger partial charge is 0.332 e. The molecule has 0 saturated heterocycles. The maximum atomic E-state index is 13.2. The minimum atomic E-state index is -0.184. The van der Waals surface area contributed by atoms with Gasteiger partial charge < -0.3 is 9.88 Å². The third kappa shape index (κ3) is 3.41. The van der Waals surface area contributed by atoms with Crippen LogP contribution in [0.4, 0.5) is 5.69 Å². The number of benzene rings is 2. The van der Waals surface area contributed by atoms with Crippen LogP contribution in [0.5, 0.6) is 0 Å². The standard InChI is InChI=1S/C24H22N4O2/c1-16-7-9-18(10-8-16)26-21(29)14-27-13-20(17-5-3-2-4-6-17)22-23(27)24(30)28(15-25-22)19-11-12-19/h2-10,13,15,19H,11-12,14H2,1H3,(H,26,29). The lowest BCUT2D eigenvalue weighted by atomic mass is 10.1. The Labute approximate surface area is 173 Å². The Morgan fingerprint density at radius 2 is 1.83 bits per heavy atom. The van der Waals surface area contributed by atoms with Crippen molar-refractivity contribution < 1.29 is 4.79 Å². The third-order valence-corrected chi connectivity index (χ3v) is 5.47. The number of nitrogens with one attached hydrogen (secondary N) is 1. The van der Waals surface area contributed by atoms with Crippen LogP contribution in [-0.2, 0) is 11.3 Å². The summed E-state index contributed by atoms with van der Waals surface area (Å²) in [5, 5.41) is 2.91. The number of aromatic nitrogens is 3. The fourth-order valence-electron chi connectivity index (χ4n) is 3.75. The lowest BCUT2D eigenvalue weighted by Gasteiger charge is -2.08. The zero-order chi connectivity index (χ0) is 20.7. The smallest absolute Gasteiger partial charge is 0.278 e. The monoisotopic (exact) mass is 398 g/mol. The second-order valence-corrected chi connectivity index (χ2v) is 7.84. The van der Waals surface area contributed by atoms with Crippen molar-refractivity contribution in [1.29, 1.82) is 0 Å². The van der Waals surface area contributed by atoms with Crippen molar-refractivity contribution in [1.82, 2.24) is 14.1 Å².